The molecule has 0 saturated heterocycles. The molecule has 0 aromatic heterocycles. The summed E-state index contributed by atoms with van der Waals surface area (Å²) in [6, 6.07) is 6.13. The van der Waals surface area contributed by atoms with Crippen LogP contribution >= 0.6 is 0 Å². The first-order valence-electron chi connectivity index (χ1n) is 4.14. The Balaban J connectivity index is 0.00000144. The number of benzene rings is 1. The second-order valence-corrected chi connectivity index (χ2v) is 2.91. The molecule has 0 heterocycles. The van der Waals surface area contributed by atoms with Crippen LogP contribution in [0.25, 0.3) is 0 Å². The summed E-state index contributed by atoms with van der Waals surface area (Å²) in [6.45, 7) is 5.26. The van der Waals surface area contributed by atoms with Crippen LogP contribution in [-0.2, 0) is 0 Å². The van der Waals surface area contributed by atoms with Crippen LogP contribution in [0.2, 0.25) is 0 Å². The second-order valence-electron chi connectivity index (χ2n) is 2.91. The number of hydrogen-bond donors (Lipinski definition) is 1. The van der Waals surface area contributed by atoms with E-state index < -0.39 is 0 Å². The first-order valence-corrected chi connectivity index (χ1v) is 4.14. The molecule has 0 atom stereocenters. The summed E-state index contributed by atoms with van der Waals surface area (Å²) in [5, 5.41) is 0. The molecule has 0 aliphatic rings. The van der Waals surface area contributed by atoms with E-state index in [1.54, 1.807) is 0 Å². The van der Waals surface area contributed by atoms with E-state index in [2.05, 4.69) is 13.0 Å². The van der Waals surface area contributed by atoms with Gasteiger partial charge < -0.3 is 22.9 Å². The summed E-state index contributed by atoms with van der Waals surface area (Å²) in [7, 11) is 0. The van der Waals surface area contributed by atoms with Crippen molar-refractivity contribution >= 4 is 0 Å². The maximum atomic E-state index is 5.42. The van der Waals surface area contributed by atoms with Crippen LogP contribution < -0.4 is 22.9 Å². The molecule has 2 N–H and O–H groups in total. The van der Waals surface area contributed by atoms with Crippen molar-refractivity contribution in [2.75, 3.05) is 13.2 Å². The van der Waals surface area contributed by atoms with Crippen molar-refractivity contribution in [2.45, 2.75) is 13.8 Å². The molecule has 0 amide bonds. The highest BCUT2D eigenvalue weighted by Gasteiger charge is 1.97. The molecule has 0 fully saturated rings. The number of rotatable bonds is 3. The van der Waals surface area contributed by atoms with Gasteiger partial charge in [-0.3, -0.25) is 0 Å². The Morgan fingerprint density at radius 2 is 2.00 bits per heavy atom. The van der Waals surface area contributed by atoms with E-state index in [0.717, 1.165) is 5.75 Å². The molecule has 0 saturated carbocycles. The molecular formula is C10H15ClNO-. The maximum Gasteiger partial charge on any atom is 0.122 e. The Hall–Kier alpha value is -0.730. The fourth-order valence-corrected chi connectivity index (χ4v) is 1.13. The maximum absolute atomic E-state index is 5.42. The monoisotopic (exact) mass is 200 g/mol. The van der Waals surface area contributed by atoms with Crippen LogP contribution in [0.3, 0.4) is 0 Å². The van der Waals surface area contributed by atoms with Gasteiger partial charge in [0, 0.05) is 6.54 Å². The largest absolute Gasteiger partial charge is 1.00 e. The van der Waals surface area contributed by atoms with Crippen molar-refractivity contribution in [3.05, 3.63) is 29.3 Å². The highest BCUT2D eigenvalue weighted by atomic mass is 35.5. The number of ether oxygens (including phenoxy) is 1. The summed E-state index contributed by atoms with van der Waals surface area (Å²) in [4.78, 5) is 0. The van der Waals surface area contributed by atoms with Crippen LogP contribution in [-0.4, -0.2) is 13.2 Å². The van der Waals surface area contributed by atoms with Gasteiger partial charge in [0.15, 0.2) is 0 Å². The van der Waals surface area contributed by atoms with E-state index in [1.807, 2.05) is 19.1 Å². The lowest BCUT2D eigenvalue weighted by Crippen LogP contribution is -3.00. The zero-order chi connectivity index (χ0) is 8.97. The minimum absolute atomic E-state index is 0. The third-order valence-electron chi connectivity index (χ3n) is 1.71. The number of nitrogens with two attached hydrogens (primary N) is 1. The van der Waals surface area contributed by atoms with Gasteiger partial charge in [0.05, 0.1) is 0 Å². The van der Waals surface area contributed by atoms with Gasteiger partial charge in [0.25, 0.3) is 0 Å². The minimum Gasteiger partial charge on any atom is -1.00 e. The van der Waals surface area contributed by atoms with Crippen molar-refractivity contribution in [1.82, 2.24) is 0 Å². The van der Waals surface area contributed by atoms with Gasteiger partial charge in [-0.2, -0.15) is 0 Å². The van der Waals surface area contributed by atoms with Gasteiger partial charge in [0.1, 0.15) is 12.4 Å². The summed E-state index contributed by atoms with van der Waals surface area (Å²) in [6.07, 6.45) is 0. The molecule has 2 nitrogen and oxygen atoms in total. The van der Waals surface area contributed by atoms with Gasteiger partial charge in [-0.05, 0) is 25.5 Å². The Kier molecular flexibility index (Phi) is 5.51. The van der Waals surface area contributed by atoms with Gasteiger partial charge in [-0.1, -0.05) is 17.7 Å². The molecule has 13 heavy (non-hydrogen) atoms. The van der Waals surface area contributed by atoms with E-state index in [9.17, 15) is 0 Å². The van der Waals surface area contributed by atoms with E-state index in [1.165, 1.54) is 11.1 Å². The highest BCUT2D eigenvalue weighted by molar-refractivity contribution is 5.35. The second kappa shape index (κ2) is 5.84. The van der Waals surface area contributed by atoms with Crippen molar-refractivity contribution in [3.63, 3.8) is 0 Å². The molecule has 74 valence electrons. The molecule has 0 bridgehead atoms. The summed E-state index contributed by atoms with van der Waals surface area (Å²) >= 11 is 0. The van der Waals surface area contributed by atoms with Crippen LogP contribution in [0, 0.1) is 13.8 Å². The third-order valence-corrected chi connectivity index (χ3v) is 1.71. The van der Waals surface area contributed by atoms with E-state index in [4.69, 9.17) is 10.5 Å². The van der Waals surface area contributed by atoms with E-state index in [0.29, 0.717) is 13.2 Å². The Labute approximate surface area is 85.5 Å². The SMILES string of the molecule is Cc1ccc(OCCN)c(C)c1.[Cl-]. The fraction of sp³-hybridized carbons (Fsp3) is 0.400. The normalized spacial score (nSPS) is 9.15. The molecule has 0 aliphatic carbocycles. The lowest BCUT2D eigenvalue weighted by Gasteiger charge is -2.07. The van der Waals surface area contributed by atoms with E-state index >= 15 is 0 Å². The molecule has 3 heteroatoms. The first-order chi connectivity index (χ1) is 5.74. The molecule has 0 unspecified atom stereocenters. The van der Waals surface area contributed by atoms with Gasteiger partial charge >= 0.3 is 0 Å². The number of halogens is 1. The lowest BCUT2D eigenvalue weighted by molar-refractivity contribution is -0.00000308. The Morgan fingerprint density at radius 1 is 1.31 bits per heavy atom. The topological polar surface area (TPSA) is 35.2 Å². The number of aryl methyl sites for hydroxylation is 2. The van der Waals surface area contributed by atoms with Crippen molar-refractivity contribution in [1.29, 1.82) is 0 Å². The molecular weight excluding hydrogens is 186 g/mol. The zero-order valence-corrected chi connectivity index (χ0v) is 8.77. The Bertz CT molecular complexity index is 263. The zero-order valence-electron chi connectivity index (χ0n) is 8.01. The standard InChI is InChI=1S/C10H15NO.ClH/c1-8-3-4-10(9(2)7-8)12-6-5-11;/h3-4,7H,5-6,11H2,1-2H3;1H/p-1. The minimum atomic E-state index is 0. The van der Waals surface area contributed by atoms with Crippen LogP contribution in [0.5, 0.6) is 5.75 Å². The predicted molar refractivity (Wildman–Crippen MR) is 50.5 cm³/mol. The molecule has 0 spiro atoms. The lowest BCUT2D eigenvalue weighted by atomic mass is 10.1. The van der Waals surface area contributed by atoms with E-state index in [-0.39, 0.29) is 12.4 Å². The van der Waals surface area contributed by atoms with Gasteiger partial charge in [-0.25, -0.2) is 0 Å². The van der Waals surface area contributed by atoms with Crippen LogP contribution in [0.1, 0.15) is 11.1 Å². The first kappa shape index (κ1) is 12.3. The smallest absolute Gasteiger partial charge is 0.122 e. The Morgan fingerprint density at radius 3 is 2.54 bits per heavy atom. The summed E-state index contributed by atoms with van der Waals surface area (Å²) in [5.74, 6) is 0.936. The van der Waals surface area contributed by atoms with Crippen LogP contribution in [0.15, 0.2) is 18.2 Å². The molecule has 1 rings (SSSR count). The van der Waals surface area contributed by atoms with Gasteiger partial charge in [-0.15, -0.1) is 0 Å². The molecule has 1 aromatic carbocycles. The van der Waals surface area contributed by atoms with Gasteiger partial charge in [0.2, 0.25) is 0 Å². The highest BCUT2D eigenvalue weighted by Crippen LogP contribution is 2.18. The quantitative estimate of drug-likeness (QED) is 0.655. The summed E-state index contributed by atoms with van der Waals surface area (Å²) < 4.78 is 5.42. The third kappa shape index (κ3) is 3.66. The molecule has 0 radical (unpaired) electrons. The van der Waals surface area contributed by atoms with Crippen molar-refractivity contribution in [2.24, 2.45) is 5.73 Å². The average Bonchev–Trinajstić information content (AvgIpc) is 2.03. The molecule has 0 aliphatic heterocycles. The number of hydrogen-bond acceptors (Lipinski definition) is 2. The molecule has 1 aromatic rings. The average molecular weight is 201 g/mol. The predicted octanol–water partition coefficient (Wildman–Crippen LogP) is -1.36. The van der Waals surface area contributed by atoms with Crippen LogP contribution in [0.4, 0.5) is 0 Å². The fourth-order valence-electron chi connectivity index (χ4n) is 1.13. The van der Waals surface area contributed by atoms with Crippen molar-refractivity contribution in [3.8, 4) is 5.75 Å². The van der Waals surface area contributed by atoms with Crippen molar-refractivity contribution < 1.29 is 17.1 Å². The summed E-state index contributed by atoms with van der Waals surface area (Å²) in [5.41, 5.74) is 7.76.